The molecule has 0 spiro atoms. The van der Waals surface area contributed by atoms with E-state index in [1.165, 1.54) is 6.92 Å². The van der Waals surface area contributed by atoms with Crippen molar-refractivity contribution >= 4 is 34.4 Å². The quantitative estimate of drug-likeness (QED) is 0.783. The number of fused-ring (bicyclic) bond motifs is 1. The molecule has 0 aliphatic carbocycles. The first-order chi connectivity index (χ1) is 12.0. The summed E-state index contributed by atoms with van der Waals surface area (Å²) in [7, 11) is 1.57. The first kappa shape index (κ1) is 17.1. The molecule has 0 bridgehead atoms. The summed E-state index contributed by atoms with van der Waals surface area (Å²) in [6.07, 6.45) is -0.752. The number of aromatic nitrogens is 1. The summed E-state index contributed by atoms with van der Waals surface area (Å²) in [6.45, 7) is 5.00. The van der Waals surface area contributed by atoms with Gasteiger partial charge in [-0.15, -0.1) is 0 Å². The lowest BCUT2D eigenvalue weighted by molar-refractivity contribution is -0.119. The average molecular weight is 346 g/mol. The zero-order chi connectivity index (χ0) is 18.0. The Hall–Kier alpha value is -2.74. The number of nitrogens with one attached hydrogen (secondary N) is 2. The maximum absolute atomic E-state index is 12.2. The van der Waals surface area contributed by atoms with Crippen molar-refractivity contribution in [2.45, 2.75) is 26.5 Å². The number of amides is 2. The molecule has 1 aliphatic rings. The minimum atomic E-state index is -0.403. The van der Waals surface area contributed by atoms with Gasteiger partial charge in [0.25, 0.3) is 0 Å². The Morgan fingerprint density at radius 2 is 2.20 bits per heavy atom. The number of hydrogen-bond acceptors (Lipinski definition) is 5. The molecule has 1 aromatic heterocycles. The van der Waals surface area contributed by atoms with Gasteiger partial charge in [0.2, 0.25) is 5.91 Å². The molecule has 2 amide bonds. The third kappa shape index (κ3) is 3.39. The molecule has 1 saturated heterocycles. The van der Waals surface area contributed by atoms with Crippen LogP contribution in [0.2, 0.25) is 0 Å². The van der Waals surface area contributed by atoms with Crippen LogP contribution in [-0.4, -0.2) is 42.9 Å². The first-order valence-corrected chi connectivity index (χ1v) is 8.18. The van der Waals surface area contributed by atoms with E-state index in [-0.39, 0.29) is 12.0 Å². The van der Waals surface area contributed by atoms with Crippen LogP contribution in [0.25, 0.3) is 10.9 Å². The Bertz CT molecular complexity index is 801. The average Bonchev–Trinajstić information content (AvgIpc) is 3.12. The lowest BCUT2D eigenvalue weighted by atomic mass is 10.2. The number of carbonyl (C=O) groups is 2. The molecule has 0 saturated carbocycles. The molecule has 0 unspecified atom stereocenters. The molecule has 2 N–H and O–H groups in total. The molecule has 1 aromatic carbocycles. The van der Waals surface area contributed by atoms with Crippen LogP contribution >= 0.6 is 0 Å². The largest absolute Gasteiger partial charge is 0.442 e. The molecule has 1 atom stereocenters. The molecular weight excluding hydrogens is 324 g/mol. The van der Waals surface area contributed by atoms with Crippen LogP contribution < -0.4 is 15.7 Å². The van der Waals surface area contributed by atoms with Crippen LogP contribution in [-0.2, 0) is 20.9 Å². The van der Waals surface area contributed by atoms with Gasteiger partial charge in [-0.3, -0.25) is 20.0 Å². The number of anilines is 2. The lowest BCUT2D eigenvalue weighted by Crippen LogP contribution is -2.33. The van der Waals surface area contributed by atoms with Crippen LogP contribution in [0.4, 0.5) is 16.3 Å². The fraction of sp³-hybridized carbons (Fsp3) is 0.412. The maximum atomic E-state index is 12.2. The molecule has 1 fully saturated rings. The Morgan fingerprint density at radius 1 is 1.40 bits per heavy atom. The molecule has 0 radical (unpaired) electrons. The number of nitrogens with zero attached hydrogens (tertiary/aromatic N) is 2. The second kappa shape index (κ2) is 7.02. The summed E-state index contributed by atoms with van der Waals surface area (Å²) in [5.74, 6) is 0.708. The van der Waals surface area contributed by atoms with E-state index >= 15 is 0 Å². The van der Waals surface area contributed by atoms with E-state index < -0.39 is 6.09 Å². The van der Waals surface area contributed by atoms with Crippen molar-refractivity contribution in [1.82, 2.24) is 9.88 Å². The van der Waals surface area contributed by atoms with Crippen molar-refractivity contribution in [2.75, 3.05) is 30.6 Å². The monoisotopic (exact) mass is 346 g/mol. The van der Waals surface area contributed by atoms with Gasteiger partial charge < -0.3 is 14.6 Å². The van der Waals surface area contributed by atoms with E-state index in [2.05, 4.69) is 22.3 Å². The third-order valence-electron chi connectivity index (χ3n) is 4.17. The summed E-state index contributed by atoms with van der Waals surface area (Å²) >= 11 is 0. The molecule has 8 nitrogen and oxygen atoms in total. The van der Waals surface area contributed by atoms with Gasteiger partial charge in [0.05, 0.1) is 20.2 Å². The molecule has 134 valence electrons. The molecule has 2 heterocycles. The fourth-order valence-electron chi connectivity index (χ4n) is 3.05. The molecule has 2 aromatic rings. The van der Waals surface area contributed by atoms with Crippen molar-refractivity contribution in [2.24, 2.45) is 0 Å². The maximum Gasteiger partial charge on any atom is 0.414 e. The van der Waals surface area contributed by atoms with Crippen molar-refractivity contribution in [3.8, 4) is 0 Å². The van der Waals surface area contributed by atoms with E-state index in [1.807, 2.05) is 24.3 Å². The van der Waals surface area contributed by atoms with Gasteiger partial charge in [-0.05, 0) is 31.2 Å². The Kier molecular flexibility index (Phi) is 4.80. The summed E-state index contributed by atoms with van der Waals surface area (Å²) in [6, 6.07) is 7.79. The highest BCUT2D eigenvalue weighted by Crippen LogP contribution is 2.30. The normalized spacial score (nSPS) is 17.0. The summed E-state index contributed by atoms with van der Waals surface area (Å²) < 4.78 is 7.40. The van der Waals surface area contributed by atoms with Crippen LogP contribution in [0.3, 0.4) is 0 Å². The van der Waals surface area contributed by atoms with Crippen LogP contribution in [0.15, 0.2) is 24.3 Å². The minimum Gasteiger partial charge on any atom is -0.442 e. The summed E-state index contributed by atoms with van der Waals surface area (Å²) in [5, 5.41) is 3.67. The topological polar surface area (TPSA) is 84.8 Å². The van der Waals surface area contributed by atoms with Gasteiger partial charge in [-0.1, -0.05) is 0 Å². The Morgan fingerprint density at radius 3 is 2.88 bits per heavy atom. The highest BCUT2D eigenvalue weighted by Gasteiger charge is 2.32. The number of aryl methyl sites for hydroxylation is 1. The van der Waals surface area contributed by atoms with Crippen molar-refractivity contribution in [3.63, 3.8) is 0 Å². The van der Waals surface area contributed by atoms with Gasteiger partial charge in [0.15, 0.2) is 0 Å². The highest BCUT2D eigenvalue weighted by molar-refractivity contribution is 5.94. The Balaban J connectivity index is 1.84. The minimum absolute atomic E-state index is 0.144. The molecule has 1 aliphatic heterocycles. The second-order valence-electron chi connectivity index (χ2n) is 5.88. The third-order valence-corrected chi connectivity index (χ3v) is 4.17. The van der Waals surface area contributed by atoms with Gasteiger partial charge in [-0.25, -0.2) is 4.79 Å². The van der Waals surface area contributed by atoms with E-state index in [0.29, 0.717) is 13.1 Å². The van der Waals surface area contributed by atoms with Crippen LogP contribution in [0, 0.1) is 0 Å². The van der Waals surface area contributed by atoms with Crippen LogP contribution in [0.5, 0.6) is 0 Å². The van der Waals surface area contributed by atoms with E-state index in [9.17, 15) is 9.59 Å². The molecule has 8 heteroatoms. The molecule has 25 heavy (non-hydrogen) atoms. The zero-order valence-electron chi connectivity index (χ0n) is 14.5. The number of carbonyl (C=O) groups excluding carboxylic acids is 2. The number of benzene rings is 1. The van der Waals surface area contributed by atoms with E-state index in [1.54, 1.807) is 12.0 Å². The number of ether oxygens (including phenoxy) is 1. The van der Waals surface area contributed by atoms with Crippen molar-refractivity contribution < 1.29 is 19.2 Å². The highest BCUT2D eigenvalue weighted by atomic mass is 16.6. The van der Waals surface area contributed by atoms with Crippen molar-refractivity contribution in [1.29, 1.82) is 0 Å². The predicted octanol–water partition coefficient (Wildman–Crippen LogP) is 2.10. The lowest BCUT2D eigenvalue weighted by Gasteiger charge is -2.13. The van der Waals surface area contributed by atoms with Gasteiger partial charge in [0, 0.05) is 30.1 Å². The summed E-state index contributed by atoms with van der Waals surface area (Å²) in [5.41, 5.74) is 4.68. The number of hydrogen-bond donors (Lipinski definition) is 2. The smallest absolute Gasteiger partial charge is 0.414 e. The SMILES string of the molecule is CCn1c(NOC)cc2cc(N3C[C@H](CNC(C)=O)OC3=O)ccc21. The van der Waals surface area contributed by atoms with E-state index in [4.69, 9.17) is 9.57 Å². The summed E-state index contributed by atoms with van der Waals surface area (Å²) in [4.78, 5) is 29.8. The second-order valence-corrected chi connectivity index (χ2v) is 5.88. The van der Waals surface area contributed by atoms with Crippen molar-refractivity contribution in [3.05, 3.63) is 24.3 Å². The van der Waals surface area contributed by atoms with Gasteiger partial charge in [0.1, 0.15) is 11.9 Å². The van der Waals surface area contributed by atoms with Crippen LogP contribution in [0.1, 0.15) is 13.8 Å². The molecule has 3 rings (SSSR count). The van der Waals surface area contributed by atoms with Gasteiger partial charge in [-0.2, -0.15) is 0 Å². The molecular formula is C17H22N4O4. The number of cyclic esters (lactones) is 1. The number of rotatable bonds is 6. The standard InChI is InChI=1S/C17H22N4O4/c1-4-20-15-6-5-13(7-12(15)8-16(20)19-24-3)21-10-14(25-17(21)23)9-18-11(2)22/h5-8,14,19H,4,9-10H2,1-3H3,(H,18,22)/t14-/m0/s1. The first-order valence-electron chi connectivity index (χ1n) is 8.18. The van der Waals surface area contributed by atoms with Gasteiger partial charge >= 0.3 is 6.09 Å². The zero-order valence-corrected chi connectivity index (χ0v) is 14.5. The van der Waals surface area contributed by atoms with E-state index in [0.717, 1.165) is 29.0 Å². The fourth-order valence-corrected chi connectivity index (χ4v) is 3.05. The predicted molar refractivity (Wildman–Crippen MR) is 94.5 cm³/mol. The Labute approximate surface area is 145 Å².